The molecule has 1 N–H and O–H groups in total. The summed E-state index contributed by atoms with van der Waals surface area (Å²) in [4.78, 5) is 51.2. The predicted octanol–water partition coefficient (Wildman–Crippen LogP) is 5.05. The van der Waals surface area contributed by atoms with Crippen LogP contribution >= 0.6 is 11.8 Å². The molecule has 9 nitrogen and oxygen atoms in total. The third-order valence-electron chi connectivity index (χ3n) is 6.07. The number of carbonyl (C=O) groups excluding carboxylic acids is 4. The van der Waals surface area contributed by atoms with Crippen molar-refractivity contribution in [3.63, 3.8) is 0 Å². The minimum absolute atomic E-state index is 0.110. The van der Waals surface area contributed by atoms with E-state index in [1.807, 2.05) is 54.1 Å². The molecule has 0 saturated carbocycles. The molecule has 4 aromatic rings. The second kappa shape index (κ2) is 10.4. The molecule has 2 aromatic carbocycles. The molecule has 1 aliphatic rings. The first kappa shape index (κ1) is 25.1. The molecule has 0 aliphatic carbocycles. The number of rotatable bonds is 7. The largest absolute Gasteiger partial charge is 0.463 e. The monoisotopic (exact) mass is 529 g/mol. The van der Waals surface area contributed by atoms with E-state index in [9.17, 15) is 19.2 Å². The molecule has 38 heavy (non-hydrogen) atoms. The first-order valence-electron chi connectivity index (χ1n) is 11.7. The number of aromatic nitrogens is 1. The molecule has 192 valence electrons. The number of ether oxygens (including phenoxy) is 1. The minimum atomic E-state index is -0.558. The van der Waals surface area contributed by atoms with Gasteiger partial charge in [0.05, 0.1) is 18.6 Å². The summed E-state index contributed by atoms with van der Waals surface area (Å²) in [6, 6.07) is 18.2. The third-order valence-corrected chi connectivity index (χ3v) is 6.98. The highest BCUT2D eigenvalue weighted by atomic mass is 32.2. The average Bonchev–Trinajstić information content (AvgIpc) is 3.59. The van der Waals surface area contributed by atoms with Crippen LogP contribution in [0.3, 0.4) is 0 Å². The van der Waals surface area contributed by atoms with Crippen LogP contribution in [0.15, 0.2) is 76.2 Å². The van der Waals surface area contributed by atoms with Crippen molar-refractivity contribution in [3.05, 3.63) is 94.4 Å². The van der Waals surface area contributed by atoms with E-state index in [0.717, 1.165) is 38.7 Å². The quantitative estimate of drug-likeness (QED) is 0.263. The average molecular weight is 530 g/mol. The Morgan fingerprint density at radius 2 is 1.82 bits per heavy atom. The maximum Gasteiger partial charge on any atom is 0.373 e. The van der Waals surface area contributed by atoms with Gasteiger partial charge in [0.2, 0.25) is 11.7 Å². The zero-order valence-corrected chi connectivity index (χ0v) is 21.4. The van der Waals surface area contributed by atoms with Gasteiger partial charge >= 0.3 is 5.97 Å². The van der Waals surface area contributed by atoms with Crippen molar-refractivity contribution >= 4 is 57.5 Å². The number of imide groups is 1. The van der Waals surface area contributed by atoms with Crippen molar-refractivity contribution < 1.29 is 28.3 Å². The molecule has 2 aromatic heterocycles. The summed E-state index contributed by atoms with van der Waals surface area (Å²) in [5.74, 6) is -0.871. The Bertz CT molecular complexity index is 1620. The van der Waals surface area contributed by atoms with Crippen LogP contribution in [0.5, 0.6) is 0 Å². The molecule has 0 atom stereocenters. The van der Waals surface area contributed by atoms with Gasteiger partial charge in [0, 0.05) is 28.4 Å². The highest BCUT2D eigenvalue weighted by molar-refractivity contribution is 8.18. The number of fused-ring (bicyclic) bond motifs is 1. The van der Waals surface area contributed by atoms with E-state index in [2.05, 4.69) is 5.32 Å². The summed E-state index contributed by atoms with van der Waals surface area (Å²) in [7, 11) is 1.29. The Labute approximate surface area is 222 Å². The number of anilines is 1. The number of benzene rings is 2. The molecule has 1 saturated heterocycles. The number of para-hydroxylation sites is 2. The fraction of sp³-hybridized carbons (Fsp3) is 0.143. The van der Waals surface area contributed by atoms with Crippen LogP contribution in [0.4, 0.5) is 10.5 Å². The number of thioether (sulfide) groups is 1. The van der Waals surface area contributed by atoms with Crippen molar-refractivity contribution in [1.82, 2.24) is 9.47 Å². The summed E-state index contributed by atoms with van der Waals surface area (Å²) < 4.78 is 12.2. The number of amides is 3. The Hall–Kier alpha value is -4.57. The van der Waals surface area contributed by atoms with E-state index in [1.165, 1.54) is 7.11 Å². The van der Waals surface area contributed by atoms with Gasteiger partial charge in [-0.25, -0.2) is 4.79 Å². The van der Waals surface area contributed by atoms with Crippen molar-refractivity contribution in [2.24, 2.45) is 0 Å². The fourth-order valence-electron chi connectivity index (χ4n) is 4.19. The number of nitrogens with zero attached hydrogens (tertiary/aromatic N) is 2. The standard InChI is InChI=1S/C28H23N3O6S/c1-17-7-3-5-9-21(17)29-25(32)16-31-26(33)24(38-28(31)35)13-18-14-30(22-10-6-4-8-20(18)22)15-19-11-12-23(37-19)27(34)36-2/h3-14H,15-16H2,1-2H3,(H,29,32)/b24-13-. The molecular formula is C28H23N3O6S. The van der Waals surface area contributed by atoms with Crippen LogP contribution in [-0.2, 0) is 20.9 Å². The van der Waals surface area contributed by atoms with Gasteiger partial charge in [0.1, 0.15) is 12.3 Å². The van der Waals surface area contributed by atoms with Crippen molar-refractivity contribution in [2.75, 3.05) is 19.0 Å². The van der Waals surface area contributed by atoms with Gasteiger partial charge in [-0.1, -0.05) is 36.4 Å². The third kappa shape index (κ3) is 4.98. The number of methoxy groups -OCH3 is 1. The van der Waals surface area contributed by atoms with Gasteiger partial charge < -0.3 is 19.0 Å². The molecule has 1 aliphatic heterocycles. The smallest absolute Gasteiger partial charge is 0.373 e. The minimum Gasteiger partial charge on any atom is -0.463 e. The highest BCUT2D eigenvalue weighted by Gasteiger charge is 2.36. The first-order valence-corrected chi connectivity index (χ1v) is 12.5. The molecule has 0 unspecified atom stereocenters. The van der Waals surface area contributed by atoms with Crippen LogP contribution in [0, 0.1) is 6.92 Å². The normalized spacial score (nSPS) is 14.5. The Morgan fingerprint density at radius 1 is 1.05 bits per heavy atom. The number of furan rings is 1. The highest BCUT2D eigenvalue weighted by Crippen LogP contribution is 2.34. The van der Waals surface area contributed by atoms with E-state index >= 15 is 0 Å². The molecule has 1 fully saturated rings. The van der Waals surface area contributed by atoms with Gasteiger partial charge in [-0.15, -0.1) is 0 Å². The Kier molecular flexibility index (Phi) is 6.89. The zero-order valence-electron chi connectivity index (χ0n) is 20.6. The van der Waals surface area contributed by atoms with Crippen LogP contribution in [0.1, 0.15) is 27.4 Å². The lowest BCUT2D eigenvalue weighted by Crippen LogP contribution is -2.36. The van der Waals surface area contributed by atoms with Crippen molar-refractivity contribution in [3.8, 4) is 0 Å². The topological polar surface area (TPSA) is 111 Å². The molecule has 0 bridgehead atoms. The molecule has 0 spiro atoms. The molecule has 3 amide bonds. The summed E-state index contributed by atoms with van der Waals surface area (Å²) in [5, 5.41) is 3.12. The van der Waals surface area contributed by atoms with Crippen LogP contribution < -0.4 is 5.32 Å². The number of carbonyl (C=O) groups is 4. The van der Waals surface area contributed by atoms with E-state index in [4.69, 9.17) is 9.15 Å². The molecule has 10 heteroatoms. The SMILES string of the molecule is COC(=O)c1ccc(Cn2cc(/C=C3\SC(=O)N(CC(=O)Nc4ccccc4C)C3=O)c3ccccc32)o1. The Morgan fingerprint density at radius 3 is 2.61 bits per heavy atom. The van der Waals surface area contributed by atoms with E-state index in [1.54, 1.807) is 30.3 Å². The van der Waals surface area contributed by atoms with Gasteiger partial charge in [-0.05, 0) is 54.6 Å². The number of aryl methyl sites for hydroxylation is 1. The van der Waals surface area contributed by atoms with Crippen molar-refractivity contribution in [1.29, 1.82) is 0 Å². The lowest BCUT2D eigenvalue weighted by Gasteiger charge is -2.13. The molecule has 0 radical (unpaired) electrons. The number of hydrogen-bond donors (Lipinski definition) is 1. The lowest BCUT2D eigenvalue weighted by molar-refractivity contribution is -0.127. The van der Waals surface area contributed by atoms with Gasteiger partial charge in [-0.3, -0.25) is 19.3 Å². The number of esters is 1. The maximum absolute atomic E-state index is 13.1. The van der Waals surface area contributed by atoms with Crippen LogP contribution in [0.25, 0.3) is 17.0 Å². The summed E-state index contributed by atoms with van der Waals surface area (Å²) in [5.41, 5.74) is 3.12. The van der Waals surface area contributed by atoms with Gasteiger partial charge in [-0.2, -0.15) is 0 Å². The first-order chi connectivity index (χ1) is 18.3. The number of nitrogens with one attached hydrogen (secondary N) is 1. The second-order valence-electron chi connectivity index (χ2n) is 8.62. The summed E-state index contributed by atoms with van der Waals surface area (Å²) in [6.45, 7) is 1.82. The molecule has 5 rings (SSSR count). The van der Waals surface area contributed by atoms with E-state index in [-0.39, 0.29) is 17.2 Å². The molecule has 3 heterocycles. The van der Waals surface area contributed by atoms with Gasteiger partial charge in [0.15, 0.2) is 0 Å². The lowest BCUT2D eigenvalue weighted by atomic mass is 10.1. The Balaban J connectivity index is 1.37. The molecular weight excluding hydrogens is 506 g/mol. The fourth-order valence-corrected chi connectivity index (χ4v) is 5.02. The van der Waals surface area contributed by atoms with E-state index < -0.39 is 23.0 Å². The van der Waals surface area contributed by atoms with Crippen LogP contribution in [-0.4, -0.2) is 46.1 Å². The zero-order chi connectivity index (χ0) is 26.8. The summed E-state index contributed by atoms with van der Waals surface area (Å²) >= 11 is 0.798. The summed E-state index contributed by atoms with van der Waals surface area (Å²) in [6.07, 6.45) is 3.51. The maximum atomic E-state index is 13.1. The number of hydrogen-bond acceptors (Lipinski definition) is 7. The second-order valence-corrected chi connectivity index (χ2v) is 9.61. The van der Waals surface area contributed by atoms with Crippen molar-refractivity contribution in [2.45, 2.75) is 13.5 Å². The predicted molar refractivity (Wildman–Crippen MR) is 144 cm³/mol. The van der Waals surface area contributed by atoms with Gasteiger partial charge in [0.25, 0.3) is 11.1 Å². The van der Waals surface area contributed by atoms with Crippen LogP contribution in [0.2, 0.25) is 0 Å². The van der Waals surface area contributed by atoms with E-state index in [0.29, 0.717) is 18.0 Å².